The fourth-order valence-corrected chi connectivity index (χ4v) is 3.57. The van der Waals surface area contributed by atoms with Gasteiger partial charge in [0.1, 0.15) is 0 Å². The van der Waals surface area contributed by atoms with Crippen LogP contribution in [0.5, 0.6) is 11.5 Å². The van der Waals surface area contributed by atoms with Gasteiger partial charge in [0.2, 0.25) is 6.79 Å². The van der Waals surface area contributed by atoms with Gasteiger partial charge in [0.25, 0.3) is 10.2 Å². The Morgan fingerprint density at radius 1 is 1.22 bits per heavy atom. The quantitative estimate of drug-likeness (QED) is 0.834. The number of likely N-dealkylation sites (tertiary alicyclic amines) is 1. The average molecular weight is 341 g/mol. The normalized spacial score (nSPS) is 19.4. The van der Waals surface area contributed by atoms with Gasteiger partial charge in [-0.15, -0.1) is 0 Å². The fourth-order valence-electron chi connectivity index (χ4n) is 2.94. The fraction of sp³-hybridized carbons (Fsp3) is 0.600. The van der Waals surface area contributed by atoms with Crippen molar-refractivity contribution in [1.29, 1.82) is 0 Å². The summed E-state index contributed by atoms with van der Waals surface area (Å²) in [6.07, 6.45) is 2.28. The second kappa shape index (κ2) is 6.64. The number of nitrogens with one attached hydrogen (secondary N) is 1. The molecule has 0 unspecified atom stereocenters. The molecule has 7 nitrogen and oxygen atoms in total. The Morgan fingerprint density at radius 2 is 1.91 bits per heavy atom. The van der Waals surface area contributed by atoms with E-state index in [-0.39, 0.29) is 12.8 Å². The molecule has 1 saturated heterocycles. The van der Waals surface area contributed by atoms with Gasteiger partial charge in [-0.1, -0.05) is 6.07 Å². The number of benzene rings is 1. The molecule has 3 rings (SSSR count). The number of hydrogen-bond acceptors (Lipinski definition) is 5. The number of nitrogens with zero attached hydrogens (tertiary/aromatic N) is 2. The van der Waals surface area contributed by atoms with Crippen LogP contribution in [0.2, 0.25) is 0 Å². The first-order chi connectivity index (χ1) is 11.0. The van der Waals surface area contributed by atoms with Gasteiger partial charge in [-0.25, -0.2) is 4.72 Å². The first-order valence-electron chi connectivity index (χ1n) is 7.78. The van der Waals surface area contributed by atoms with E-state index in [0.29, 0.717) is 6.54 Å². The Hall–Kier alpha value is -1.35. The number of rotatable bonds is 6. The summed E-state index contributed by atoms with van der Waals surface area (Å²) >= 11 is 0. The van der Waals surface area contributed by atoms with E-state index in [9.17, 15) is 8.42 Å². The molecule has 1 aromatic carbocycles. The molecule has 0 amide bonds. The van der Waals surface area contributed by atoms with Gasteiger partial charge in [0, 0.05) is 26.7 Å². The molecule has 1 aromatic rings. The molecule has 0 bridgehead atoms. The maximum atomic E-state index is 12.0. The highest BCUT2D eigenvalue weighted by atomic mass is 32.2. The SMILES string of the molecule is CN(C)S(=O)(=O)NC[C@H](c1ccc2c(c1)OCO2)N1CCCC1. The van der Waals surface area contributed by atoms with Crippen LogP contribution in [-0.4, -0.2) is 58.1 Å². The van der Waals surface area contributed by atoms with E-state index < -0.39 is 10.2 Å². The molecule has 0 aliphatic carbocycles. The average Bonchev–Trinajstić information content (AvgIpc) is 3.18. The highest BCUT2D eigenvalue weighted by Crippen LogP contribution is 2.36. The van der Waals surface area contributed by atoms with E-state index in [2.05, 4.69) is 9.62 Å². The smallest absolute Gasteiger partial charge is 0.278 e. The summed E-state index contributed by atoms with van der Waals surface area (Å²) in [6.45, 7) is 2.52. The second-order valence-electron chi connectivity index (χ2n) is 6.01. The zero-order chi connectivity index (χ0) is 16.4. The van der Waals surface area contributed by atoms with Crippen LogP contribution in [0.1, 0.15) is 24.4 Å². The van der Waals surface area contributed by atoms with E-state index in [1.807, 2.05) is 18.2 Å². The minimum atomic E-state index is -3.44. The van der Waals surface area contributed by atoms with Gasteiger partial charge in [-0.2, -0.15) is 12.7 Å². The van der Waals surface area contributed by atoms with Crippen molar-refractivity contribution in [3.63, 3.8) is 0 Å². The Bertz CT molecular complexity index is 657. The molecule has 0 saturated carbocycles. The minimum Gasteiger partial charge on any atom is -0.454 e. The molecule has 2 heterocycles. The molecule has 23 heavy (non-hydrogen) atoms. The van der Waals surface area contributed by atoms with Crippen molar-refractivity contribution in [2.45, 2.75) is 18.9 Å². The van der Waals surface area contributed by atoms with Crippen LogP contribution in [-0.2, 0) is 10.2 Å². The standard InChI is InChI=1S/C15H23N3O4S/c1-17(2)23(19,20)16-10-13(18-7-3-4-8-18)12-5-6-14-15(9-12)22-11-21-14/h5-6,9,13,16H,3-4,7-8,10-11H2,1-2H3/t13-/m1/s1. The molecule has 1 atom stereocenters. The van der Waals surface area contributed by atoms with E-state index in [1.54, 1.807) is 0 Å². The zero-order valence-electron chi connectivity index (χ0n) is 13.5. The maximum absolute atomic E-state index is 12.0. The highest BCUT2D eigenvalue weighted by Gasteiger charge is 2.27. The summed E-state index contributed by atoms with van der Waals surface area (Å²) in [6, 6.07) is 5.82. The number of ether oxygens (including phenoxy) is 2. The Labute approximate surface area is 137 Å². The second-order valence-corrected chi connectivity index (χ2v) is 7.98. The van der Waals surface area contributed by atoms with Crippen molar-refractivity contribution < 1.29 is 17.9 Å². The van der Waals surface area contributed by atoms with Gasteiger partial charge in [-0.3, -0.25) is 4.90 Å². The summed E-state index contributed by atoms with van der Waals surface area (Å²) in [5.41, 5.74) is 1.04. The molecular formula is C15H23N3O4S. The van der Waals surface area contributed by atoms with Crippen molar-refractivity contribution in [2.75, 3.05) is 40.5 Å². The Kier molecular flexibility index (Phi) is 4.77. The van der Waals surface area contributed by atoms with Crippen LogP contribution in [0, 0.1) is 0 Å². The molecule has 1 N–H and O–H groups in total. The number of fused-ring (bicyclic) bond motifs is 1. The largest absolute Gasteiger partial charge is 0.454 e. The van der Waals surface area contributed by atoms with E-state index in [1.165, 1.54) is 18.4 Å². The van der Waals surface area contributed by atoms with Crippen LogP contribution < -0.4 is 14.2 Å². The zero-order valence-corrected chi connectivity index (χ0v) is 14.3. The summed E-state index contributed by atoms with van der Waals surface area (Å²) in [5.74, 6) is 1.46. The molecule has 0 spiro atoms. The number of hydrogen-bond donors (Lipinski definition) is 1. The van der Waals surface area contributed by atoms with Crippen LogP contribution in [0.3, 0.4) is 0 Å². The van der Waals surface area contributed by atoms with Gasteiger partial charge in [-0.05, 0) is 43.6 Å². The molecule has 2 aliphatic rings. The van der Waals surface area contributed by atoms with Crippen LogP contribution in [0.15, 0.2) is 18.2 Å². The predicted molar refractivity (Wildman–Crippen MR) is 86.7 cm³/mol. The summed E-state index contributed by atoms with van der Waals surface area (Å²) < 4.78 is 38.7. The minimum absolute atomic E-state index is 0.0123. The van der Waals surface area contributed by atoms with Crippen LogP contribution in [0.25, 0.3) is 0 Å². The van der Waals surface area contributed by atoms with Crippen molar-refractivity contribution in [3.05, 3.63) is 23.8 Å². The Morgan fingerprint density at radius 3 is 2.61 bits per heavy atom. The highest BCUT2D eigenvalue weighted by molar-refractivity contribution is 7.87. The lowest BCUT2D eigenvalue weighted by atomic mass is 10.1. The summed E-state index contributed by atoms with van der Waals surface area (Å²) in [4.78, 5) is 2.32. The lowest BCUT2D eigenvalue weighted by molar-refractivity contribution is 0.173. The topological polar surface area (TPSA) is 71.1 Å². The molecule has 8 heteroatoms. The third kappa shape index (κ3) is 3.60. The first-order valence-corrected chi connectivity index (χ1v) is 9.22. The van der Waals surface area contributed by atoms with E-state index >= 15 is 0 Å². The monoisotopic (exact) mass is 341 g/mol. The summed E-state index contributed by atoms with van der Waals surface area (Å²) in [5, 5.41) is 0. The van der Waals surface area contributed by atoms with Crippen molar-refractivity contribution in [1.82, 2.24) is 13.9 Å². The van der Waals surface area contributed by atoms with Crippen LogP contribution >= 0.6 is 0 Å². The van der Waals surface area contributed by atoms with Gasteiger partial charge < -0.3 is 9.47 Å². The predicted octanol–water partition coefficient (Wildman–Crippen LogP) is 0.948. The van der Waals surface area contributed by atoms with Gasteiger partial charge in [0.15, 0.2) is 11.5 Å². The lowest BCUT2D eigenvalue weighted by Crippen LogP contribution is -2.41. The molecule has 0 radical (unpaired) electrons. The van der Waals surface area contributed by atoms with E-state index in [0.717, 1.165) is 43.0 Å². The Balaban J connectivity index is 1.81. The lowest BCUT2D eigenvalue weighted by Gasteiger charge is -2.28. The maximum Gasteiger partial charge on any atom is 0.278 e. The molecule has 0 aromatic heterocycles. The van der Waals surface area contributed by atoms with Gasteiger partial charge >= 0.3 is 0 Å². The molecule has 2 aliphatic heterocycles. The molecule has 128 valence electrons. The van der Waals surface area contributed by atoms with E-state index in [4.69, 9.17) is 9.47 Å². The van der Waals surface area contributed by atoms with Crippen LogP contribution in [0.4, 0.5) is 0 Å². The molecule has 1 fully saturated rings. The van der Waals surface area contributed by atoms with Crippen molar-refractivity contribution in [3.8, 4) is 11.5 Å². The summed E-state index contributed by atoms with van der Waals surface area (Å²) in [7, 11) is -0.398. The third-order valence-corrected chi connectivity index (χ3v) is 5.80. The first kappa shape index (κ1) is 16.5. The van der Waals surface area contributed by atoms with Crippen molar-refractivity contribution in [2.24, 2.45) is 0 Å². The van der Waals surface area contributed by atoms with Gasteiger partial charge in [0.05, 0.1) is 0 Å². The van der Waals surface area contributed by atoms with Crippen molar-refractivity contribution >= 4 is 10.2 Å². The third-order valence-electron chi connectivity index (χ3n) is 4.30. The molecular weight excluding hydrogens is 318 g/mol.